The summed E-state index contributed by atoms with van der Waals surface area (Å²) in [6.45, 7) is 0.161. The van der Waals surface area contributed by atoms with Gasteiger partial charge in [0.15, 0.2) is 0 Å². The van der Waals surface area contributed by atoms with E-state index in [9.17, 15) is 9.90 Å². The fourth-order valence-corrected chi connectivity index (χ4v) is 2.67. The standard InChI is InChI=1S/C16H14N2O2S/c19-15(8-17-16(20)14-9-21-10-18-14)13-6-5-11-3-1-2-4-12(11)7-13/h1-7,9-10,15,19H,8H2,(H,17,20). The van der Waals surface area contributed by atoms with E-state index in [1.54, 1.807) is 10.9 Å². The van der Waals surface area contributed by atoms with E-state index in [2.05, 4.69) is 10.3 Å². The molecule has 3 rings (SSSR count). The van der Waals surface area contributed by atoms with Gasteiger partial charge in [-0.3, -0.25) is 4.79 Å². The summed E-state index contributed by atoms with van der Waals surface area (Å²) >= 11 is 1.37. The van der Waals surface area contributed by atoms with Crippen molar-refractivity contribution in [3.05, 3.63) is 64.6 Å². The molecule has 0 aliphatic carbocycles. The molecule has 0 saturated heterocycles. The van der Waals surface area contributed by atoms with Gasteiger partial charge in [-0.05, 0) is 22.4 Å². The molecule has 5 heteroatoms. The van der Waals surface area contributed by atoms with E-state index in [1.165, 1.54) is 11.3 Å². The largest absolute Gasteiger partial charge is 0.387 e. The molecule has 0 aliphatic rings. The maximum Gasteiger partial charge on any atom is 0.270 e. The number of fused-ring (bicyclic) bond motifs is 1. The molecule has 1 atom stereocenters. The van der Waals surface area contributed by atoms with Gasteiger partial charge in [-0.25, -0.2) is 4.98 Å². The Labute approximate surface area is 126 Å². The van der Waals surface area contributed by atoms with E-state index in [4.69, 9.17) is 0 Å². The summed E-state index contributed by atoms with van der Waals surface area (Å²) in [4.78, 5) is 15.7. The Bertz CT molecular complexity index is 756. The van der Waals surface area contributed by atoms with Gasteiger partial charge in [-0.2, -0.15) is 0 Å². The van der Waals surface area contributed by atoms with E-state index in [0.717, 1.165) is 16.3 Å². The highest BCUT2D eigenvalue weighted by Gasteiger charge is 2.12. The zero-order valence-corrected chi connectivity index (χ0v) is 12.0. The Balaban J connectivity index is 1.69. The molecule has 21 heavy (non-hydrogen) atoms. The van der Waals surface area contributed by atoms with E-state index in [-0.39, 0.29) is 12.5 Å². The molecule has 1 heterocycles. The number of carbonyl (C=O) groups excluding carboxylic acids is 1. The van der Waals surface area contributed by atoms with Crippen LogP contribution >= 0.6 is 11.3 Å². The number of aliphatic hydroxyl groups excluding tert-OH is 1. The molecule has 4 nitrogen and oxygen atoms in total. The molecule has 0 fully saturated rings. The number of benzene rings is 2. The summed E-state index contributed by atoms with van der Waals surface area (Å²) in [5, 5.41) is 16.8. The average Bonchev–Trinajstić information content (AvgIpc) is 3.06. The first-order valence-corrected chi connectivity index (χ1v) is 7.51. The molecule has 0 bridgehead atoms. The number of aliphatic hydroxyl groups is 1. The van der Waals surface area contributed by atoms with Gasteiger partial charge in [0.25, 0.3) is 5.91 Å². The zero-order valence-electron chi connectivity index (χ0n) is 11.2. The van der Waals surface area contributed by atoms with Crippen molar-refractivity contribution in [1.29, 1.82) is 0 Å². The maximum absolute atomic E-state index is 11.8. The first-order chi connectivity index (χ1) is 10.2. The summed E-state index contributed by atoms with van der Waals surface area (Å²) in [6.07, 6.45) is -0.739. The van der Waals surface area contributed by atoms with Gasteiger partial charge < -0.3 is 10.4 Å². The van der Waals surface area contributed by atoms with Crippen molar-refractivity contribution in [3.8, 4) is 0 Å². The Kier molecular flexibility index (Phi) is 3.94. The van der Waals surface area contributed by atoms with Gasteiger partial charge in [-0.1, -0.05) is 36.4 Å². The summed E-state index contributed by atoms with van der Waals surface area (Å²) in [5.41, 5.74) is 2.77. The van der Waals surface area contributed by atoms with E-state index >= 15 is 0 Å². The summed E-state index contributed by atoms with van der Waals surface area (Å²) in [7, 11) is 0. The lowest BCUT2D eigenvalue weighted by Gasteiger charge is -2.12. The molecule has 1 unspecified atom stereocenters. The van der Waals surface area contributed by atoms with Crippen LogP contribution in [0.25, 0.3) is 10.8 Å². The predicted octanol–water partition coefficient (Wildman–Crippen LogP) is 2.76. The zero-order chi connectivity index (χ0) is 14.7. The van der Waals surface area contributed by atoms with Crippen molar-refractivity contribution >= 4 is 28.0 Å². The van der Waals surface area contributed by atoms with Crippen LogP contribution in [0.1, 0.15) is 22.2 Å². The molecule has 106 valence electrons. The SMILES string of the molecule is O=C(NCC(O)c1ccc2ccccc2c1)c1cscn1. The molecule has 0 saturated carbocycles. The lowest BCUT2D eigenvalue weighted by atomic mass is 10.0. The van der Waals surface area contributed by atoms with Crippen molar-refractivity contribution in [2.24, 2.45) is 0 Å². The number of rotatable bonds is 4. The number of hydrogen-bond donors (Lipinski definition) is 2. The molecule has 0 aliphatic heterocycles. The highest BCUT2D eigenvalue weighted by atomic mass is 32.1. The first-order valence-electron chi connectivity index (χ1n) is 6.57. The lowest BCUT2D eigenvalue weighted by molar-refractivity contribution is 0.0912. The average molecular weight is 298 g/mol. The third-order valence-corrected chi connectivity index (χ3v) is 3.87. The lowest BCUT2D eigenvalue weighted by Crippen LogP contribution is -2.28. The molecule has 2 N–H and O–H groups in total. The van der Waals surface area contributed by atoms with E-state index in [1.807, 2.05) is 42.5 Å². The molecule has 1 amide bonds. The minimum Gasteiger partial charge on any atom is -0.387 e. The monoisotopic (exact) mass is 298 g/mol. The topological polar surface area (TPSA) is 62.2 Å². The van der Waals surface area contributed by atoms with Crippen LogP contribution in [0.5, 0.6) is 0 Å². The molecule has 0 radical (unpaired) electrons. The van der Waals surface area contributed by atoms with Crippen LogP contribution in [-0.2, 0) is 0 Å². The molecule has 1 aromatic heterocycles. The van der Waals surface area contributed by atoms with E-state index < -0.39 is 6.10 Å². The molecular weight excluding hydrogens is 284 g/mol. The number of hydrogen-bond acceptors (Lipinski definition) is 4. The number of nitrogens with one attached hydrogen (secondary N) is 1. The van der Waals surface area contributed by atoms with Crippen molar-refractivity contribution in [3.63, 3.8) is 0 Å². The quantitative estimate of drug-likeness (QED) is 0.778. The molecule has 0 spiro atoms. The van der Waals surface area contributed by atoms with Crippen LogP contribution in [0.15, 0.2) is 53.4 Å². The van der Waals surface area contributed by atoms with Crippen LogP contribution in [0.4, 0.5) is 0 Å². The first kappa shape index (κ1) is 13.7. The fourth-order valence-electron chi connectivity index (χ4n) is 2.14. The minimum atomic E-state index is -0.739. The smallest absolute Gasteiger partial charge is 0.270 e. The number of amides is 1. The number of nitrogens with zero attached hydrogens (tertiary/aromatic N) is 1. The Morgan fingerprint density at radius 3 is 2.81 bits per heavy atom. The second kappa shape index (κ2) is 6.03. The second-order valence-corrected chi connectivity index (χ2v) is 5.42. The van der Waals surface area contributed by atoms with Crippen LogP contribution in [0, 0.1) is 0 Å². The molecule has 3 aromatic rings. The van der Waals surface area contributed by atoms with Crippen molar-refractivity contribution in [1.82, 2.24) is 10.3 Å². The van der Waals surface area contributed by atoms with E-state index in [0.29, 0.717) is 5.69 Å². The highest BCUT2D eigenvalue weighted by Crippen LogP contribution is 2.20. The Hall–Kier alpha value is -2.24. The Morgan fingerprint density at radius 1 is 1.24 bits per heavy atom. The summed E-state index contributed by atoms with van der Waals surface area (Å²) < 4.78 is 0. The van der Waals surface area contributed by atoms with Crippen LogP contribution in [0.3, 0.4) is 0 Å². The number of thiazole rings is 1. The van der Waals surface area contributed by atoms with Crippen molar-refractivity contribution in [2.45, 2.75) is 6.10 Å². The fraction of sp³-hybridized carbons (Fsp3) is 0.125. The van der Waals surface area contributed by atoms with Crippen molar-refractivity contribution in [2.75, 3.05) is 6.54 Å². The van der Waals surface area contributed by atoms with Gasteiger partial charge in [0, 0.05) is 11.9 Å². The third-order valence-electron chi connectivity index (χ3n) is 3.28. The van der Waals surface area contributed by atoms with Gasteiger partial charge in [-0.15, -0.1) is 11.3 Å². The number of aromatic nitrogens is 1. The third kappa shape index (κ3) is 3.09. The predicted molar refractivity (Wildman–Crippen MR) is 83.4 cm³/mol. The molecular formula is C16H14N2O2S. The second-order valence-electron chi connectivity index (χ2n) is 4.71. The van der Waals surface area contributed by atoms with Crippen LogP contribution < -0.4 is 5.32 Å². The van der Waals surface area contributed by atoms with Gasteiger partial charge in [0.2, 0.25) is 0 Å². The molecule has 2 aromatic carbocycles. The summed E-state index contributed by atoms with van der Waals surface area (Å²) in [6, 6.07) is 13.7. The number of carbonyl (C=O) groups is 1. The Morgan fingerprint density at radius 2 is 2.05 bits per heavy atom. The van der Waals surface area contributed by atoms with Gasteiger partial charge in [0.05, 0.1) is 11.6 Å². The normalized spacial score (nSPS) is 12.2. The van der Waals surface area contributed by atoms with Crippen molar-refractivity contribution < 1.29 is 9.90 Å². The van der Waals surface area contributed by atoms with Gasteiger partial charge in [0.1, 0.15) is 5.69 Å². The highest BCUT2D eigenvalue weighted by molar-refractivity contribution is 7.07. The maximum atomic E-state index is 11.8. The van der Waals surface area contributed by atoms with Crippen LogP contribution in [-0.4, -0.2) is 22.5 Å². The van der Waals surface area contributed by atoms with Crippen LogP contribution in [0.2, 0.25) is 0 Å². The van der Waals surface area contributed by atoms with Gasteiger partial charge >= 0.3 is 0 Å². The minimum absolute atomic E-state index is 0.161. The summed E-state index contributed by atoms with van der Waals surface area (Å²) in [5.74, 6) is -0.268.